The van der Waals surface area contributed by atoms with Crippen molar-refractivity contribution in [3.8, 4) is 17.6 Å². The van der Waals surface area contributed by atoms with Crippen LogP contribution >= 0.6 is 0 Å². The van der Waals surface area contributed by atoms with Crippen molar-refractivity contribution in [2.45, 2.75) is 33.6 Å². The monoisotopic (exact) mass is 454 g/mol. The summed E-state index contributed by atoms with van der Waals surface area (Å²) < 4.78 is 6.02. The molecule has 1 unspecified atom stereocenters. The molecule has 2 aliphatic rings. The Morgan fingerprint density at radius 1 is 1.06 bits per heavy atom. The van der Waals surface area contributed by atoms with Crippen molar-refractivity contribution >= 4 is 5.84 Å². The van der Waals surface area contributed by atoms with Crippen LogP contribution in [0.5, 0.6) is 5.75 Å². The van der Waals surface area contributed by atoms with Crippen LogP contribution in [0.2, 0.25) is 0 Å². The first-order chi connectivity index (χ1) is 16.5. The van der Waals surface area contributed by atoms with Gasteiger partial charge in [-0.1, -0.05) is 36.5 Å². The van der Waals surface area contributed by atoms with Crippen LogP contribution in [-0.4, -0.2) is 17.5 Å². The van der Waals surface area contributed by atoms with Crippen LogP contribution < -0.4 is 16.5 Å². The van der Waals surface area contributed by atoms with Crippen LogP contribution in [-0.2, 0) is 11.2 Å². The molecule has 4 rings (SSSR count). The minimum absolute atomic E-state index is 0.249. The van der Waals surface area contributed by atoms with Gasteiger partial charge in [0.1, 0.15) is 11.5 Å². The molecule has 0 bridgehead atoms. The van der Waals surface area contributed by atoms with E-state index >= 15 is 0 Å². The molecule has 174 valence electrons. The number of amidine groups is 1. The van der Waals surface area contributed by atoms with E-state index in [1.165, 1.54) is 5.57 Å². The Labute approximate surface area is 201 Å². The molecule has 0 spiro atoms. The summed E-state index contributed by atoms with van der Waals surface area (Å²) in [6, 6.07) is 11.4. The molecule has 1 heterocycles. The van der Waals surface area contributed by atoms with Gasteiger partial charge >= 0.3 is 0 Å². The van der Waals surface area contributed by atoms with E-state index in [0.717, 1.165) is 52.3 Å². The second kappa shape index (κ2) is 10.8. The number of aromatic hydroxyl groups is 1. The van der Waals surface area contributed by atoms with Crippen molar-refractivity contribution < 1.29 is 9.84 Å². The van der Waals surface area contributed by atoms with Gasteiger partial charge in [0.25, 0.3) is 0 Å². The molecular formula is C28H30N4O2. The molecule has 0 saturated carbocycles. The van der Waals surface area contributed by atoms with Crippen LogP contribution in [0.1, 0.15) is 48.1 Å². The van der Waals surface area contributed by atoms with Crippen molar-refractivity contribution in [3.05, 3.63) is 99.9 Å². The normalized spacial score (nSPS) is 16.8. The molecule has 6 nitrogen and oxygen atoms in total. The lowest BCUT2D eigenvalue weighted by Gasteiger charge is -2.10. The number of benzene rings is 2. The third-order valence-electron chi connectivity index (χ3n) is 5.96. The maximum atomic E-state index is 9.66. The van der Waals surface area contributed by atoms with Gasteiger partial charge in [-0.2, -0.15) is 0 Å². The Morgan fingerprint density at radius 3 is 2.68 bits per heavy atom. The summed E-state index contributed by atoms with van der Waals surface area (Å²) in [6.07, 6.45) is 10.1. The Bertz CT molecular complexity index is 1240. The fourth-order valence-corrected chi connectivity index (χ4v) is 3.69. The number of rotatable bonds is 6. The largest absolute Gasteiger partial charge is 0.508 e. The number of hydrogen-bond donors (Lipinski definition) is 4. The van der Waals surface area contributed by atoms with Crippen LogP contribution in [0.3, 0.4) is 0 Å². The predicted molar refractivity (Wildman–Crippen MR) is 136 cm³/mol. The average molecular weight is 455 g/mol. The minimum atomic E-state index is 0.249. The molecule has 2 aromatic rings. The Balaban J connectivity index is 1.49. The molecule has 1 atom stereocenters. The molecule has 0 aromatic heterocycles. The van der Waals surface area contributed by atoms with Crippen molar-refractivity contribution in [2.24, 2.45) is 11.0 Å². The maximum Gasteiger partial charge on any atom is 0.170 e. The number of allylic oxidation sites excluding steroid dienone is 5. The fourth-order valence-electron chi connectivity index (χ4n) is 3.69. The van der Waals surface area contributed by atoms with Gasteiger partial charge in [-0.3, -0.25) is 5.43 Å². The zero-order valence-corrected chi connectivity index (χ0v) is 19.8. The van der Waals surface area contributed by atoms with Crippen LogP contribution in [0.25, 0.3) is 0 Å². The summed E-state index contributed by atoms with van der Waals surface area (Å²) in [5.41, 5.74) is 14.7. The molecule has 34 heavy (non-hydrogen) atoms. The lowest BCUT2D eigenvalue weighted by atomic mass is 9.99. The first kappa shape index (κ1) is 23.2. The van der Waals surface area contributed by atoms with Gasteiger partial charge in [0, 0.05) is 16.7 Å². The summed E-state index contributed by atoms with van der Waals surface area (Å²) in [7, 11) is 0. The SMILES string of the molecule is CC1=CC=C(OCCCc2cc(C3=NNNN3)ccc2C#Cc2ccc(O)cc2C)C=CC1C. The minimum Gasteiger partial charge on any atom is -0.508 e. The molecule has 6 heteroatoms. The number of aryl methyl sites for hydroxylation is 2. The number of phenols is 1. The first-order valence-electron chi connectivity index (χ1n) is 11.5. The predicted octanol–water partition coefficient (Wildman–Crippen LogP) is 4.36. The van der Waals surface area contributed by atoms with E-state index in [1.54, 1.807) is 12.1 Å². The molecule has 0 fully saturated rings. The molecule has 0 radical (unpaired) electrons. The van der Waals surface area contributed by atoms with Crippen LogP contribution in [0.4, 0.5) is 0 Å². The summed E-state index contributed by atoms with van der Waals surface area (Å²) in [5, 5.41) is 13.9. The van der Waals surface area contributed by atoms with E-state index in [4.69, 9.17) is 4.74 Å². The molecule has 0 saturated heterocycles. The molecule has 1 aliphatic carbocycles. The Morgan fingerprint density at radius 2 is 1.88 bits per heavy atom. The Kier molecular flexibility index (Phi) is 7.36. The third-order valence-corrected chi connectivity index (χ3v) is 5.96. The van der Waals surface area contributed by atoms with E-state index in [-0.39, 0.29) is 5.75 Å². The lowest BCUT2D eigenvalue weighted by Crippen LogP contribution is -2.35. The van der Waals surface area contributed by atoms with Crippen LogP contribution in [0.15, 0.2) is 77.1 Å². The number of hydrogen-bond acceptors (Lipinski definition) is 6. The highest BCUT2D eigenvalue weighted by molar-refractivity contribution is 5.99. The number of nitrogens with zero attached hydrogens (tertiary/aromatic N) is 1. The number of hydrazone groups is 1. The maximum absolute atomic E-state index is 9.66. The van der Waals surface area contributed by atoms with E-state index in [1.807, 2.05) is 31.2 Å². The van der Waals surface area contributed by atoms with Gasteiger partial charge < -0.3 is 9.84 Å². The zero-order valence-electron chi connectivity index (χ0n) is 19.8. The number of hydrazine groups is 2. The van der Waals surface area contributed by atoms with Crippen molar-refractivity contribution in [2.75, 3.05) is 6.61 Å². The molecule has 0 amide bonds. The Hall–Kier alpha value is -3.95. The van der Waals surface area contributed by atoms with E-state index in [9.17, 15) is 5.11 Å². The fraction of sp³-hybridized carbons (Fsp3) is 0.250. The van der Waals surface area contributed by atoms with E-state index < -0.39 is 0 Å². The molecule has 4 N–H and O–H groups in total. The topological polar surface area (TPSA) is 77.9 Å². The standard InChI is InChI=1S/C28H30N4O2/c1-19-6-14-27(15-7-20(19)2)34-16-4-5-24-18-25(28-29-31-32-30-28)11-10-23(24)9-8-22-12-13-26(33)17-21(22)3/h6-7,10-15,17-19,31-33H,4-5,16H2,1-3H3,(H,29,30). The van der Waals surface area contributed by atoms with Crippen molar-refractivity contribution in [1.82, 2.24) is 16.5 Å². The summed E-state index contributed by atoms with van der Waals surface area (Å²) in [6.45, 7) is 6.89. The van der Waals surface area contributed by atoms with Gasteiger partial charge in [-0.05, 0) is 92.3 Å². The number of phenolic OH excluding ortho intramolecular Hbond substituents is 1. The van der Waals surface area contributed by atoms with Gasteiger partial charge in [-0.15, -0.1) is 10.6 Å². The van der Waals surface area contributed by atoms with Gasteiger partial charge in [0.2, 0.25) is 0 Å². The van der Waals surface area contributed by atoms with Crippen molar-refractivity contribution in [3.63, 3.8) is 0 Å². The highest BCUT2D eigenvalue weighted by atomic mass is 16.5. The summed E-state index contributed by atoms with van der Waals surface area (Å²) in [5.74, 6) is 8.88. The zero-order chi connectivity index (χ0) is 23.9. The van der Waals surface area contributed by atoms with Crippen molar-refractivity contribution in [1.29, 1.82) is 0 Å². The highest BCUT2D eigenvalue weighted by Crippen LogP contribution is 2.19. The number of ether oxygens (including phenoxy) is 1. The van der Waals surface area contributed by atoms with Gasteiger partial charge in [0.05, 0.1) is 6.61 Å². The smallest absolute Gasteiger partial charge is 0.170 e. The van der Waals surface area contributed by atoms with E-state index in [0.29, 0.717) is 12.5 Å². The lowest BCUT2D eigenvalue weighted by molar-refractivity contribution is 0.220. The van der Waals surface area contributed by atoms with Gasteiger partial charge in [-0.25, -0.2) is 5.53 Å². The number of nitrogens with one attached hydrogen (secondary N) is 3. The highest BCUT2D eigenvalue weighted by Gasteiger charge is 2.11. The molecular weight excluding hydrogens is 424 g/mol. The quantitative estimate of drug-likeness (QED) is 0.385. The van der Waals surface area contributed by atoms with Crippen LogP contribution in [0, 0.1) is 24.7 Å². The summed E-state index contributed by atoms with van der Waals surface area (Å²) in [4.78, 5) is 0. The molecule has 1 aliphatic heterocycles. The first-order valence-corrected chi connectivity index (χ1v) is 11.5. The van der Waals surface area contributed by atoms with Gasteiger partial charge in [0.15, 0.2) is 5.84 Å². The average Bonchev–Trinajstić information content (AvgIpc) is 3.32. The second-order valence-corrected chi connectivity index (χ2v) is 8.52. The third kappa shape index (κ3) is 5.89. The molecule has 2 aromatic carbocycles. The van der Waals surface area contributed by atoms with E-state index in [2.05, 4.69) is 71.6 Å². The summed E-state index contributed by atoms with van der Waals surface area (Å²) >= 11 is 0. The second-order valence-electron chi connectivity index (χ2n) is 8.52.